The van der Waals surface area contributed by atoms with Crippen molar-refractivity contribution in [3.05, 3.63) is 116 Å². The van der Waals surface area contributed by atoms with Gasteiger partial charge in [0.1, 0.15) is 28.2 Å². The lowest BCUT2D eigenvalue weighted by atomic mass is 10.1. The molecule has 0 aliphatic carbocycles. The van der Waals surface area contributed by atoms with Crippen LogP contribution in [0.25, 0.3) is 16.9 Å². The molecule has 1 aliphatic rings. The molecule has 10 heterocycles. The summed E-state index contributed by atoms with van der Waals surface area (Å²) in [6.07, 6.45) is 19.4. The van der Waals surface area contributed by atoms with E-state index in [1.54, 1.807) is 108 Å². The van der Waals surface area contributed by atoms with E-state index in [1.165, 1.54) is 44.5 Å². The Morgan fingerprint density at radius 2 is 1.18 bits per heavy atom. The molecule has 0 saturated heterocycles. The Morgan fingerprint density at radius 1 is 0.670 bits per heavy atom. The Labute approximate surface area is 679 Å². The molecule has 0 spiro atoms. The van der Waals surface area contributed by atoms with Gasteiger partial charge in [0.25, 0.3) is 0 Å². The number of carbonyl (C=O) groups excluding carboxylic acids is 5. The van der Waals surface area contributed by atoms with Crippen molar-refractivity contribution in [3.8, 4) is 5.40 Å². The van der Waals surface area contributed by atoms with Crippen LogP contribution in [0.2, 0.25) is 5.28 Å². The molecule has 9 aromatic heterocycles. The van der Waals surface area contributed by atoms with Crippen LogP contribution in [0.15, 0.2) is 81.7 Å². The largest absolute Gasteiger partial charge is 0.519 e. The lowest BCUT2D eigenvalue weighted by Crippen LogP contribution is -2.41. The van der Waals surface area contributed by atoms with Crippen molar-refractivity contribution >= 4 is 169 Å². The van der Waals surface area contributed by atoms with Gasteiger partial charge in [0.2, 0.25) is 11.2 Å². The van der Waals surface area contributed by atoms with Gasteiger partial charge in [-0.05, 0) is 167 Å². The van der Waals surface area contributed by atoms with Crippen molar-refractivity contribution in [1.29, 1.82) is 5.26 Å². The number of rotatable bonds is 14. The third-order valence-electron chi connectivity index (χ3n) is 13.5. The maximum atomic E-state index is 11.5. The number of nitrogens with zero attached hydrogens (tertiary/aromatic N) is 16. The summed E-state index contributed by atoms with van der Waals surface area (Å²) in [6, 6.07) is 7.29. The highest BCUT2D eigenvalue weighted by Gasteiger charge is 2.26. The summed E-state index contributed by atoms with van der Waals surface area (Å²) >= 11 is 20.7. The third-order valence-corrected chi connectivity index (χ3v) is 16.2. The molecule has 11 rings (SSSR count). The number of carbonyl (C=O) groups is 5. The average Bonchev–Trinajstić information content (AvgIpc) is 1.63. The number of nitrogen functional groups attached to an aromatic ring is 2. The van der Waals surface area contributed by atoms with Crippen molar-refractivity contribution in [2.45, 2.75) is 175 Å². The average molecular weight is 1680 g/mol. The molecular weight excluding hydrogens is 1590 g/mol. The number of hydrogen-bond donors (Lipinski definition) is 10. The van der Waals surface area contributed by atoms with Gasteiger partial charge < -0.3 is 50.9 Å². The second-order valence-electron chi connectivity index (χ2n) is 23.8. The van der Waals surface area contributed by atoms with Gasteiger partial charge in [-0.2, -0.15) is 64.0 Å². The molecule has 1 aliphatic heterocycles. The van der Waals surface area contributed by atoms with E-state index in [0.29, 0.717) is 86.1 Å². The van der Waals surface area contributed by atoms with Gasteiger partial charge in [-0.3, -0.25) is 25.8 Å². The maximum absolute atomic E-state index is 11.5. The number of alkyl carbamates (subject to hydrolysis) is 1. The highest BCUT2D eigenvalue weighted by atomic mass is 35.5. The fourth-order valence-electron chi connectivity index (χ4n) is 8.47. The minimum Gasteiger partial charge on any atom is -0.457 e. The number of benzene rings is 1. The molecule has 0 bridgehead atoms. The highest BCUT2D eigenvalue weighted by Crippen LogP contribution is 2.24. The fraction of sp³-hybridized carbons (Fsp3) is 0.441. The van der Waals surface area contributed by atoms with Crippen LogP contribution in [-0.4, -0.2) is 184 Å². The van der Waals surface area contributed by atoms with E-state index in [2.05, 4.69) is 120 Å². The molecule has 0 radical (unpaired) electrons. The minimum absolute atomic E-state index is 0.178. The number of ether oxygens (including phenoxy) is 5. The molecule has 0 fully saturated rings. The molecular formula is C68H96ClN25O12S6. The summed E-state index contributed by atoms with van der Waals surface area (Å²) < 4.78 is 28.8. The molecule has 44 heteroatoms. The van der Waals surface area contributed by atoms with Gasteiger partial charge in [-0.1, -0.05) is 95.1 Å². The standard InChI is InChI=1S/C14H16N6S.C10H18O5.C9H14N4O2S.C8H9ClN4S.C8H10N4OS.C8H9N3OS.C5H9N3.C4H5NO2S.C2H6O/c1-3-9-8-16-20-12(9)18-14(21-2)19-13(20)17-11-6-4-5-10(15)7-11;1-9(2,3)14-7(11)13-8(12)15-10(4,5)6;1-3-6-5-10-13-7(6)11-8(16)12-9(14)15-4-2;1-3-5-4-10-13-6(5)11-8(14-2)12-7(13)9;1-3-5-4-9-12-6(5)10-7(14-2)11-8(12)13;1-2-5-4-9-11-6(5)3-7(13)10-8(11)12;1-2-4-3-7-8-5(4)6;1-2-7-4(6)8-3-5;1-2-3/h4-8H,3,15H2,1-2H3,(H,17,18,19);1-6H3;5H,3-4H2,1-2H3,(H3,10,11,12,13,14,16);4H,3H2,1-2H3;4H,3H2,1-2H3,(H,10,11,13);4H,2-3H2,1H3,(H,10,12,13);3H,2H2,1H3,(H3,6,7,8);2H2,1H3;3H,2H2,1H3. The molecule has 10 aromatic rings. The minimum atomic E-state index is -1.06. The maximum Gasteiger partial charge on any atom is 0.519 e. The zero-order valence-electron chi connectivity index (χ0n) is 65.4. The SMILES string of the molecule is CC(C)(C)OC(=O)OC(=O)OC(C)(C)C.CCO.CCOC(=O)NC(=S)Nc1[nH]ncc1CC.CCOC(=O)SC#N.CCc1cn[nH]c1N.CCc1cnn2c(=O)[nH]c(SC)nc12.CCc1cnn2c(Cl)nc(SC)nc12.CCc1cnn2c(Nc3cccc(N)c3)nc(SC)nc12.CCc1cnn2c1CC(=S)NC2=O. The highest BCUT2D eigenvalue weighted by molar-refractivity contribution is 8.17. The predicted molar refractivity (Wildman–Crippen MR) is 443 cm³/mol. The third kappa shape index (κ3) is 32.6. The lowest BCUT2D eigenvalue weighted by Gasteiger charge is -2.20. The Bertz CT molecular complexity index is 4760. The van der Waals surface area contributed by atoms with E-state index < -0.39 is 34.9 Å². The van der Waals surface area contributed by atoms with Crippen LogP contribution in [0.1, 0.15) is 143 Å². The summed E-state index contributed by atoms with van der Waals surface area (Å²) in [5, 5.41) is 59.5. The zero-order chi connectivity index (χ0) is 83.8. The molecule has 0 unspecified atom stereocenters. The number of hydrogen-bond acceptors (Lipinski definition) is 33. The Balaban J connectivity index is 0.000000335. The molecule has 0 saturated carbocycles. The smallest absolute Gasteiger partial charge is 0.457 e. The van der Waals surface area contributed by atoms with Crippen molar-refractivity contribution in [2.75, 3.05) is 60.7 Å². The number of nitrogens with two attached hydrogens (primary N) is 2. The van der Waals surface area contributed by atoms with Crippen LogP contribution in [0.5, 0.6) is 0 Å². The van der Waals surface area contributed by atoms with Gasteiger partial charge >= 0.3 is 35.4 Å². The van der Waals surface area contributed by atoms with E-state index in [0.717, 1.165) is 94.6 Å². The Kier molecular flexibility index (Phi) is 42.2. The molecule has 0 atom stereocenters. The van der Waals surface area contributed by atoms with E-state index in [-0.39, 0.29) is 23.4 Å². The van der Waals surface area contributed by atoms with Crippen molar-refractivity contribution in [2.24, 2.45) is 0 Å². The summed E-state index contributed by atoms with van der Waals surface area (Å²) in [4.78, 5) is 91.0. The predicted octanol–water partition coefficient (Wildman–Crippen LogP) is 12.6. The van der Waals surface area contributed by atoms with Crippen molar-refractivity contribution in [3.63, 3.8) is 0 Å². The monoisotopic (exact) mass is 1680 g/mol. The van der Waals surface area contributed by atoms with Gasteiger partial charge in [-0.25, -0.2) is 43.7 Å². The summed E-state index contributed by atoms with van der Waals surface area (Å²) in [7, 11) is 0. The molecule has 2 amide bonds. The number of fused-ring (bicyclic) bond motifs is 4. The number of thiocyanates is 1. The topological polar surface area (TPSA) is 500 Å². The number of nitriles is 1. The van der Waals surface area contributed by atoms with E-state index in [9.17, 15) is 28.8 Å². The quantitative estimate of drug-likeness (QED) is 0.00919. The van der Waals surface area contributed by atoms with Crippen molar-refractivity contribution in [1.82, 2.24) is 99.6 Å². The number of thiocarbonyl (C=S) groups is 2. The molecule has 1 aromatic carbocycles. The molecule has 37 nitrogen and oxygen atoms in total. The number of amides is 2. The summed E-state index contributed by atoms with van der Waals surface area (Å²) in [6.45, 7) is 28.2. The number of aliphatic hydroxyl groups excluding tert-OH is 1. The molecule has 12 N–H and O–H groups in total. The molecule has 112 heavy (non-hydrogen) atoms. The normalized spacial score (nSPS) is 11.0. The first kappa shape index (κ1) is 96.0. The van der Waals surface area contributed by atoms with Crippen LogP contribution in [-0.2, 0) is 68.6 Å². The fourth-order valence-corrected chi connectivity index (χ4v) is 10.5. The first-order chi connectivity index (χ1) is 53.2. The number of halogens is 1. The first-order valence-electron chi connectivity index (χ1n) is 34.5. The Morgan fingerprint density at radius 3 is 1.67 bits per heavy atom. The van der Waals surface area contributed by atoms with E-state index >= 15 is 0 Å². The van der Waals surface area contributed by atoms with Crippen LogP contribution in [0.4, 0.5) is 52.9 Å². The number of nitrogens with one attached hydrogen (secondary N) is 7. The number of anilines is 5. The zero-order valence-corrected chi connectivity index (χ0v) is 71.1. The first-order valence-corrected chi connectivity index (χ1v) is 40.1. The Hall–Kier alpha value is -10.2. The van der Waals surface area contributed by atoms with Gasteiger partial charge in [0.05, 0.1) is 72.8 Å². The van der Waals surface area contributed by atoms with Gasteiger partial charge in [0.15, 0.2) is 37.5 Å². The van der Waals surface area contributed by atoms with E-state index in [4.69, 9.17) is 67.3 Å². The second-order valence-corrected chi connectivity index (χ2v) is 28.1. The number of thioether (sulfide) groups is 4. The number of aryl methyl sites for hydroxylation is 6. The number of H-pyrrole nitrogens is 3. The second kappa shape index (κ2) is 49.2. The van der Waals surface area contributed by atoms with Crippen LogP contribution in [0.3, 0.4) is 0 Å². The lowest BCUT2D eigenvalue weighted by molar-refractivity contribution is -0.0294. The van der Waals surface area contributed by atoms with Gasteiger partial charge in [0, 0.05) is 52.2 Å². The summed E-state index contributed by atoms with van der Waals surface area (Å²) in [5.41, 5.74) is 20.8. The van der Waals surface area contributed by atoms with Gasteiger partial charge in [-0.15, -0.1) is 0 Å². The van der Waals surface area contributed by atoms with Crippen LogP contribution >= 0.6 is 83.1 Å². The van der Waals surface area contributed by atoms with Crippen molar-refractivity contribution < 1.29 is 52.8 Å². The number of aromatic amines is 3. The van der Waals surface area contributed by atoms with Crippen LogP contribution in [0, 0.1) is 10.7 Å². The summed E-state index contributed by atoms with van der Waals surface area (Å²) in [5.74, 6) is 2.01. The number of aliphatic hydroxyl groups is 1. The number of aromatic nitrogens is 18. The van der Waals surface area contributed by atoms with Crippen LogP contribution < -0.4 is 38.4 Å². The molecule has 608 valence electrons. The van der Waals surface area contributed by atoms with E-state index in [1.807, 2.05) is 76.9 Å².